The maximum atomic E-state index is 6.08. The minimum Gasteiger partial charge on any atom is -0.438 e. The van der Waals surface area contributed by atoms with Crippen LogP contribution in [-0.2, 0) is 0 Å². The Labute approximate surface area is 298 Å². The van der Waals surface area contributed by atoms with Gasteiger partial charge in [0, 0.05) is 67.7 Å². The van der Waals surface area contributed by atoms with Gasteiger partial charge in [-0.25, -0.2) is 4.98 Å². The fourth-order valence-corrected chi connectivity index (χ4v) is 6.82. The Balaban J connectivity index is 1.02. The Morgan fingerprint density at radius 2 is 0.942 bits per heavy atom. The molecule has 0 amide bonds. The van der Waals surface area contributed by atoms with Crippen molar-refractivity contribution in [2.24, 2.45) is 0 Å². The lowest BCUT2D eigenvalue weighted by atomic mass is 10.1. The monoisotopic (exact) mass is 668 g/mol. The van der Waals surface area contributed by atoms with Gasteiger partial charge >= 0.3 is 0 Å². The average molecular weight is 669 g/mol. The number of anilines is 3. The topological polar surface area (TPSA) is 80.8 Å². The summed E-state index contributed by atoms with van der Waals surface area (Å²) in [4.78, 5) is 25.4. The number of para-hydroxylation sites is 1. The van der Waals surface area contributed by atoms with Gasteiger partial charge in [0.15, 0.2) is 0 Å². The second kappa shape index (κ2) is 12.3. The second-order valence-electron chi connectivity index (χ2n) is 12.7. The second-order valence-corrected chi connectivity index (χ2v) is 12.7. The van der Waals surface area contributed by atoms with Gasteiger partial charge in [0.25, 0.3) is 0 Å². The van der Waals surface area contributed by atoms with Crippen molar-refractivity contribution in [2.75, 3.05) is 4.90 Å². The number of fused-ring (bicyclic) bond motifs is 5. The van der Waals surface area contributed by atoms with Crippen molar-refractivity contribution in [3.8, 4) is 33.8 Å². The Bertz CT molecular complexity index is 2780. The van der Waals surface area contributed by atoms with Crippen molar-refractivity contribution in [1.82, 2.24) is 24.9 Å². The van der Waals surface area contributed by atoms with Crippen molar-refractivity contribution in [2.45, 2.75) is 0 Å². The Hall–Kier alpha value is -7.25. The van der Waals surface area contributed by atoms with Gasteiger partial charge in [0.2, 0.25) is 5.71 Å². The van der Waals surface area contributed by atoms with Crippen LogP contribution < -0.4 is 4.90 Å². The third kappa shape index (κ3) is 5.28. The molecule has 6 aromatic heterocycles. The van der Waals surface area contributed by atoms with E-state index in [9.17, 15) is 0 Å². The highest BCUT2D eigenvalue weighted by molar-refractivity contribution is 6.04. The van der Waals surface area contributed by atoms with Crippen molar-refractivity contribution in [3.05, 3.63) is 170 Å². The largest absolute Gasteiger partial charge is 0.438 e. The van der Waals surface area contributed by atoms with Gasteiger partial charge in [-0.2, -0.15) is 0 Å². The molecule has 0 N–H and O–H groups in total. The Morgan fingerprint density at radius 1 is 0.423 bits per heavy atom. The molecule has 0 aliphatic heterocycles. The molecule has 10 aromatic rings. The molecule has 0 aliphatic carbocycles. The summed E-state index contributed by atoms with van der Waals surface area (Å²) in [5, 5.41) is 4.20. The van der Waals surface area contributed by atoms with Crippen LogP contribution in [0.3, 0.4) is 0 Å². The maximum Gasteiger partial charge on any atom is 0.227 e. The number of furan rings is 1. The Kier molecular flexibility index (Phi) is 6.99. The molecule has 7 heteroatoms. The van der Waals surface area contributed by atoms with Gasteiger partial charge in [-0.1, -0.05) is 66.7 Å². The van der Waals surface area contributed by atoms with Crippen molar-refractivity contribution >= 4 is 60.9 Å². The summed E-state index contributed by atoms with van der Waals surface area (Å²) in [6.45, 7) is 0. The molecular weight excluding hydrogens is 641 g/mol. The number of hydrogen-bond donors (Lipinski definition) is 0. The number of rotatable bonds is 6. The summed E-state index contributed by atoms with van der Waals surface area (Å²) in [7, 11) is 0. The van der Waals surface area contributed by atoms with E-state index < -0.39 is 0 Å². The van der Waals surface area contributed by atoms with Gasteiger partial charge in [-0.3, -0.25) is 19.9 Å². The van der Waals surface area contributed by atoms with Gasteiger partial charge in [-0.05, 0) is 78.9 Å². The van der Waals surface area contributed by atoms with Crippen LogP contribution in [0, 0.1) is 0 Å². The number of aromatic nitrogens is 5. The average Bonchev–Trinajstić information content (AvgIpc) is 3.59. The molecule has 52 heavy (non-hydrogen) atoms. The molecule has 6 heterocycles. The van der Waals surface area contributed by atoms with E-state index in [0.717, 1.165) is 89.0 Å². The lowest BCUT2D eigenvalue weighted by molar-refractivity contribution is 0.654. The van der Waals surface area contributed by atoms with E-state index in [1.54, 1.807) is 12.4 Å². The van der Waals surface area contributed by atoms with Crippen LogP contribution in [0.4, 0.5) is 17.1 Å². The molecule has 10 rings (SSSR count). The fourth-order valence-electron chi connectivity index (χ4n) is 6.82. The first kappa shape index (κ1) is 29.6. The number of benzene rings is 4. The molecule has 4 aromatic carbocycles. The molecular formula is C45H28N6O. The molecule has 0 atom stereocenters. The van der Waals surface area contributed by atoms with Crippen molar-refractivity contribution < 1.29 is 4.42 Å². The summed E-state index contributed by atoms with van der Waals surface area (Å²) >= 11 is 0. The maximum absolute atomic E-state index is 6.08. The summed E-state index contributed by atoms with van der Waals surface area (Å²) in [5.41, 5.74) is 12.0. The zero-order valence-corrected chi connectivity index (χ0v) is 27.8. The van der Waals surface area contributed by atoms with E-state index in [-0.39, 0.29) is 0 Å². The zero-order chi connectivity index (χ0) is 34.4. The van der Waals surface area contributed by atoms with E-state index in [0.29, 0.717) is 5.71 Å². The fraction of sp³-hybridized carbons (Fsp3) is 0. The van der Waals surface area contributed by atoms with E-state index >= 15 is 0 Å². The van der Waals surface area contributed by atoms with Crippen LogP contribution in [0.1, 0.15) is 0 Å². The number of hydrogen-bond acceptors (Lipinski definition) is 7. The minimum absolute atomic E-state index is 0.638. The highest BCUT2D eigenvalue weighted by Crippen LogP contribution is 2.38. The third-order valence-corrected chi connectivity index (χ3v) is 9.49. The van der Waals surface area contributed by atoms with Gasteiger partial charge in [0.05, 0.1) is 40.5 Å². The summed E-state index contributed by atoms with van der Waals surface area (Å²) < 4.78 is 6.08. The number of pyridine rings is 5. The van der Waals surface area contributed by atoms with Crippen LogP contribution >= 0.6 is 0 Å². The smallest absolute Gasteiger partial charge is 0.227 e. The summed E-state index contributed by atoms with van der Waals surface area (Å²) in [6.07, 6.45) is 7.24. The summed E-state index contributed by atoms with van der Waals surface area (Å²) in [5.74, 6) is 0. The van der Waals surface area contributed by atoms with Gasteiger partial charge < -0.3 is 9.32 Å². The predicted octanol–water partition coefficient (Wildman–Crippen LogP) is 11.3. The van der Waals surface area contributed by atoms with Crippen molar-refractivity contribution in [3.63, 3.8) is 0 Å². The molecule has 0 fully saturated rings. The molecule has 0 saturated heterocycles. The molecule has 244 valence electrons. The van der Waals surface area contributed by atoms with Gasteiger partial charge in [0.1, 0.15) is 5.58 Å². The van der Waals surface area contributed by atoms with Crippen LogP contribution in [0.5, 0.6) is 0 Å². The van der Waals surface area contributed by atoms with Crippen LogP contribution in [0.25, 0.3) is 77.6 Å². The SMILES string of the molecule is c1cnc2cnc(-c3ccc(N(c4ccc(-c5cc6cccnc6cn5)cc4)c4ccc(-c5ccc6c(n5)oc5ccccc56)cc4)cc3)cc2c1. The molecule has 0 saturated carbocycles. The molecule has 7 nitrogen and oxygen atoms in total. The van der Waals surface area contributed by atoms with E-state index in [2.05, 4.69) is 130 Å². The Morgan fingerprint density at radius 3 is 1.50 bits per heavy atom. The van der Waals surface area contributed by atoms with Crippen LogP contribution in [-0.4, -0.2) is 24.9 Å². The first-order chi connectivity index (χ1) is 25.7. The lowest BCUT2D eigenvalue weighted by Crippen LogP contribution is -2.09. The molecule has 0 unspecified atom stereocenters. The summed E-state index contributed by atoms with van der Waals surface area (Å²) in [6, 6.07) is 49.9. The standard InChI is InChI=1S/C45H28N6O/c1-2-8-44-37(7-1)38-21-22-39(50-45(38)52-44)29-9-15-34(16-10-29)51(35-17-11-30(12-18-35)40-25-32-5-3-23-46-42(32)27-48-40)36-19-13-31(14-20-36)41-26-33-6-4-24-47-43(33)28-49-41/h1-28H. The molecule has 0 bridgehead atoms. The first-order valence-corrected chi connectivity index (χ1v) is 17.0. The quantitative estimate of drug-likeness (QED) is 0.174. The first-order valence-electron chi connectivity index (χ1n) is 17.0. The van der Waals surface area contributed by atoms with E-state index in [1.165, 1.54) is 0 Å². The number of nitrogens with zero attached hydrogens (tertiary/aromatic N) is 6. The van der Waals surface area contributed by atoms with E-state index in [4.69, 9.17) is 19.4 Å². The molecule has 0 radical (unpaired) electrons. The minimum atomic E-state index is 0.638. The van der Waals surface area contributed by atoms with Gasteiger partial charge in [-0.15, -0.1) is 0 Å². The molecule has 0 spiro atoms. The molecule has 0 aliphatic rings. The third-order valence-electron chi connectivity index (χ3n) is 9.49. The normalized spacial score (nSPS) is 11.5. The van der Waals surface area contributed by atoms with E-state index in [1.807, 2.05) is 42.7 Å². The van der Waals surface area contributed by atoms with Crippen LogP contribution in [0.2, 0.25) is 0 Å². The van der Waals surface area contributed by atoms with Crippen LogP contribution in [0.15, 0.2) is 175 Å². The zero-order valence-electron chi connectivity index (χ0n) is 27.8. The lowest BCUT2D eigenvalue weighted by Gasteiger charge is -2.26. The highest BCUT2D eigenvalue weighted by Gasteiger charge is 2.16. The highest BCUT2D eigenvalue weighted by atomic mass is 16.3. The predicted molar refractivity (Wildman–Crippen MR) is 209 cm³/mol. The van der Waals surface area contributed by atoms with Crippen molar-refractivity contribution in [1.29, 1.82) is 0 Å².